The maximum absolute atomic E-state index is 11.3. The van der Waals surface area contributed by atoms with Crippen molar-refractivity contribution in [1.29, 1.82) is 15.8 Å². The number of thiol groups is 1. The summed E-state index contributed by atoms with van der Waals surface area (Å²) in [7, 11) is 4.36. The van der Waals surface area contributed by atoms with Gasteiger partial charge in [-0.25, -0.2) is 0 Å². The average Bonchev–Trinajstić information content (AvgIpc) is 3.25. The van der Waals surface area contributed by atoms with E-state index in [-0.39, 0.29) is 81.3 Å². The van der Waals surface area contributed by atoms with Crippen LogP contribution in [-0.4, -0.2) is 147 Å². The minimum Gasteiger partial charge on any atom is -0.481 e. The fourth-order valence-electron chi connectivity index (χ4n) is 3.91. The highest BCUT2D eigenvalue weighted by Crippen LogP contribution is 2.21. The number of hydrogen-bond acceptors (Lipinski definition) is 20. The van der Waals surface area contributed by atoms with E-state index >= 15 is 0 Å². The van der Waals surface area contributed by atoms with E-state index in [9.17, 15) is 28.8 Å². The Morgan fingerprint density at radius 2 is 1.33 bits per heavy atom. The van der Waals surface area contributed by atoms with Gasteiger partial charge in [-0.3, -0.25) is 28.8 Å². The summed E-state index contributed by atoms with van der Waals surface area (Å²) in [6.45, 7) is 10.0. The summed E-state index contributed by atoms with van der Waals surface area (Å²) in [4.78, 5) is 68.5. The van der Waals surface area contributed by atoms with Crippen LogP contribution in [0.3, 0.4) is 0 Å². The first-order chi connectivity index (χ1) is 30.5. The number of H-pyrrole nitrogens is 2. The molecule has 4 rings (SSSR count). The second-order valence-corrected chi connectivity index (χ2v) is 14.0. The second-order valence-electron chi connectivity index (χ2n) is 11.5. The lowest BCUT2D eigenvalue weighted by atomic mass is 10.2. The van der Waals surface area contributed by atoms with E-state index in [1.54, 1.807) is 13.0 Å². The lowest BCUT2D eigenvalue weighted by Crippen LogP contribution is -2.30. The van der Waals surface area contributed by atoms with Gasteiger partial charge in [0.2, 0.25) is 11.1 Å². The average molecular weight is 1020 g/mol. The molecule has 0 atom stereocenters. The molecule has 0 aliphatic carbocycles. The number of rotatable bonds is 14. The molecule has 2 saturated heterocycles. The van der Waals surface area contributed by atoms with Crippen LogP contribution in [0.1, 0.15) is 42.0 Å². The van der Waals surface area contributed by atoms with E-state index < -0.39 is 17.9 Å². The number of carboxylic acid groups (broad SMARTS) is 2. The lowest BCUT2D eigenvalue weighted by molar-refractivity contribution is -0.146. The van der Waals surface area contributed by atoms with Crippen LogP contribution < -0.4 is 27.5 Å². The SMILES string of the molecule is C1COCCN1.C1COCCN1.CCOC(=O)CC(=O)COC.COCc1cc(=O)[nH]c(S)c1C#N.COCc1cc(=O)[nH]c(SCC(=O)O)c1C#N.N#CCC(N)=S.O=C(O)CBr. The largest absolute Gasteiger partial charge is 0.481 e. The predicted octanol–water partition coefficient (Wildman–Crippen LogP) is 1.27. The number of aromatic nitrogens is 2. The third-order valence-electron chi connectivity index (χ3n) is 6.37. The highest BCUT2D eigenvalue weighted by molar-refractivity contribution is 9.09. The topological polar surface area (TPSA) is 351 Å². The highest BCUT2D eigenvalue weighted by Gasteiger charge is 2.13. The summed E-state index contributed by atoms with van der Waals surface area (Å²) in [5.74, 6) is -2.82. The number of esters is 1. The Kier molecular flexibility index (Phi) is 43.2. The van der Waals surface area contributed by atoms with Crippen LogP contribution in [-0.2, 0) is 60.8 Å². The van der Waals surface area contributed by atoms with Crippen molar-refractivity contribution in [3.05, 3.63) is 55.1 Å². The molecule has 0 saturated carbocycles. The Balaban J connectivity index is -0.000000711. The minimum absolute atomic E-state index is 0.0290. The third kappa shape index (κ3) is 37.8. The third-order valence-corrected chi connectivity index (χ3v) is 8.32. The molecule has 2 aromatic rings. The molecule has 2 aliphatic heterocycles. The van der Waals surface area contributed by atoms with E-state index in [2.05, 4.69) is 70.9 Å². The van der Waals surface area contributed by atoms with E-state index in [1.165, 1.54) is 33.5 Å². The zero-order valence-electron chi connectivity index (χ0n) is 35.8. The van der Waals surface area contributed by atoms with Crippen LogP contribution in [0, 0.1) is 34.0 Å². The van der Waals surface area contributed by atoms with Crippen molar-refractivity contribution in [2.24, 2.45) is 5.73 Å². The molecule has 64 heavy (non-hydrogen) atoms. The van der Waals surface area contributed by atoms with Gasteiger partial charge in [0.15, 0.2) is 5.78 Å². The van der Waals surface area contributed by atoms with E-state index in [0.29, 0.717) is 23.3 Å². The summed E-state index contributed by atoms with van der Waals surface area (Å²) in [5.41, 5.74) is 5.85. The number of ketones is 1. The number of carbonyl (C=O) groups is 4. The van der Waals surface area contributed by atoms with Crippen molar-refractivity contribution < 1.29 is 57.8 Å². The van der Waals surface area contributed by atoms with Gasteiger partial charge < -0.3 is 65.0 Å². The van der Waals surface area contributed by atoms with Gasteiger partial charge in [0.05, 0.1) is 90.7 Å². The number of carboxylic acids is 2. The van der Waals surface area contributed by atoms with Gasteiger partial charge in [-0.1, -0.05) is 39.9 Å². The van der Waals surface area contributed by atoms with Gasteiger partial charge >= 0.3 is 17.9 Å². The van der Waals surface area contributed by atoms with Crippen LogP contribution >= 0.6 is 52.5 Å². The van der Waals surface area contributed by atoms with Crippen molar-refractivity contribution in [1.82, 2.24) is 20.6 Å². The number of nitrogens with one attached hydrogen (secondary N) is 4. The monoisotopic (exact) mass is 1020 g/mol. The van der Waals surface area contributed by atoms with Gasteiger partial charge in [-0.15, -0.1) is 12.6 Å². The Morgan fingerprint density at radius 3 is 1.64 bits per heavy atom. The molecule has 0 radical (unpaired) electrons. The van der Waals surface area contributed by atoms with Crippen LogP contribution in [0.2, 0.25) is 0 Å². The van der Waals surface area contributed by atoms with Gasteiger partial charge in [0.25, 0.3) is 0 Å². The smallest absolute Gasteiger partial charge is 0.314 e. The first kappa shape index (κ1) is 63.5. The van der Waals surface area contributed by atoms with Crippen LogP contribution in [0.4, 0.5) is 0 Å². The number of nitrogens with two attached hydrogens (primary N) is 1. The normalized spacial score (nSPS) is 11.9. The van der Waals surface area contributed by atoms with Crippen LogP contribution in [0.5, 0.6) is 0 Å². The maximum atomic E-state index is 11.3. The number of aromatic amines is 2. The number of methoxy groups -OCH3 is 3. The highest BCUT2D eigenvalue weighted by atomic mass is 79.9. The summed E-state index contributed by atoms with van der Waals surface area (Å²) < 4.78 is 28.8. The second kappa shape index (κ2) is 43.5. The number of ether oxygens (including phenoxy) is 6. The number of halogens is 1. The zero-order valence-corrected chi connectivity index (χ0v) is 39.9. The Labute approximate surface area is 394 Å². The summed E-state index contributed by atoms with van der Waals surface area (Å²) in [5, 5.41) is 48.7. The quantitative estimate of drug-likeness (QED) is 0.0330. The molecule has 4 heterocycles. The molecular weight excluding hydrogens is 969 g/mol. The standard InChI is InChI=1S/C10H10N2O4S.C8H8N2O2S.C7H12O4.2C4H9NO.C3H4N2S.C2H3BrO2/c1-16-4-6-2-8(13)12-10(7(6)3-11)17-5-9(14)15;1-12-4-5-2-7(11)10-8(13)6(5)3-9;1-3-11-7(9)4-6(8)5-10-2;2*1-3-6-4-2-5-1;4-2-1-3(5)6;3-1-2(4)5/h2H,4-5H2,1H3,(H,12,13)(H,14,15);2H,4H2,1H3,(H2,10,11,13);3-5H2,1-2H3;2*5H,1-4H2;1H2,(H2,5,6);1H2,(H,4,5). The molecular formula is C38H55BrN8O14S3. The molecule has 0 bridgehead atoms. The summed E-state index contributed by atoms with van der Waals surface area (Å²) in [6, 6.07) is 8.29. The van der Waals surface area contributed by atoms with Crippen molar-refractivity contribution in [2.75, 3.05) is 98.2 Å². The molecule has 356 valence electrons. The lowest BCUT2D eigenvalue weighted by Gasteiger charge is -2.10. The van der Waals surface area contributed by atoms with E-state index in [4.69, 9.17) is 50.7 Å². The van der Waals surface area contributed by atoms with Gasteiger partial charge in [0, 0.05) is 70.8 Å². The van der Waals surface area contributed by atoms with Gasteiger partial charge in [-0.2, -0.15) is 15.8 Å². The van der Waals surface area contributed by atoms with Crippen LogP contribution in [0.25, 0.3) is 0 Å². The van der Waals surface area contributed by atoms with Crippen molar-refractivity contribution >= 4 is 81.2 Å². The summed E-state index contributed by atoms with van der Waals surface area (Å²) in [6.07, 6.45) is -0.00296. The van der Waals surface area contributed by atoms with Crippen molar-refractivity contribution in [2.45, 2.75) is 43.0 Å². The van der Waals surface area contributed by atoms with Gasteiger partial charge in [-0.05, 0) is 6.92 Å². The molecule has 8 N–H and O–H groups in total. The molecule has 0 unspecified atom stereocenters. The van der Waals surface area contributed by atoms with Gasteiger partial charge in [0.1, 0.15) is 30.5 Å². The first-order valence-electron chi connectivity index (χ1n) is 18.5. The Hall–Kier alpha value is -4.76. The van der Waals surface area contributed by atoms with Crippen LogP contribution in [0.15, 0.2) is 31.8 Å². The number of alkyl halides is 1. The number of thiocarbonyl (C=S) groups is 1. The molecule has 2 aliphatic rings. The molecule has 2 fully saturated rings. The fraction of sp³-hybridized carbons (Fsp3) is 0.526. The zero-order chi connectivity index (χ0) is 49.1. The Bertz CT molecular complexity index is 1880. The molecule has 2 aromatic heterocycles. The molecule has 0 spiro atoms. The fourth-order valence-corrected chi connectivity index (χ4v) is 5.04. The van der Waals surface area contributed by atoms with Crippen molar-refractivity contribution in [3.8, 4) is 18.2 Å². The number of morpholine rings is 2. The molecule has 0 amide bonds. The number of thioether (sulfide) groups is 1. The van der Waals surface area contributed by atoms with E-state index in [1.807, 2.05) is 12.1 Å². The number of aliphatic carboxylic acids is 2. The number of carbonyl (C=O) groups excluding carboxylic acids is 2. The number of pyridine rings is 2. The molecule has 22 nitrogen and oxygen atoms in total. The number of nitrogens with zero attached hydrogens (tertiary/aromatic N) is 3. The van der Waals surface area contributed by atoms with Crippen molar-refractivity contribution in [3.63, 3.8) is 0 Å². The Morgan fingerprint density at radius 1 is 0.859 bits per heavy atom. The minimum atomic E-state index is -1.02. The number of Topliss-reactive ketones (excluding diaryl/α,β-unsaturated/α-hetero) is 1. The molecule has 0 aromatic carbocycles. The molecule has 26 heteroatoms. The predicted molar refractivity (Wildman–Crippen MR) is 245 cm³/mol. The number of nitriles is 3. The maximum Gasteiger partial charge on any atom is 0.314 e. The first-order valence-corrected chi connectivity index (χ1v) is 21.5. The van der Waals surface area contributed by atoms with E-state index in [0.717, 1.165) is 64.4 Å². The summed E-state index contributed by atoms with van der Waals surface area (Å²) >= 11 is 11.9. The number of hydrogen-bond donors (Lipinski definition) is 8.